The summed E-state index contributed by atoms with van der Waals surface area (Å²) in [5.74, 6) is 1.18. The average molecular weight is 341 g/mol. The topological polar surface area (TPSA) is 104 Å². The number of methoxy groups -OCH3 is 1. The number of likely N-dealkylation sites (N-methyl/N-ethyl adjacent to an activating group) is 1. The van der Waals surface area contributed by atoms with Gasteiger partial charge in [0.05, 0.1) is 18.1 Å². The fraction of sp³-hybridized carbons (Fsp3) is 0.294. The van der Waals surface area contributed by atoms with Crippen LogP contribution in [0.25, 0.3) is 0 Å². The van der Waals surface area contributed by atoms with E-state index in [0.717, 1.165) is 11.3 Å². The summed E-state index contributed by atoms with van der Waals surface area (Å²) in [6.45, 7) is 0.489. The van der Waals surface area contributed by atoms with Crippen LogP contribution in [-0.4, -0.2) is 42.6 Å². The molecule has 25 heavy (non-hydrogen) atoms. The molecule has 1 unspecified atom stereocenters. The molecule has 0 aliphatic carbocycles. The minimum Gasteiger partial charge on any atom is -0.496 e. The van der Waals surface area contributed by atoms with Crippen molar-refractivity contribution in [2.75, 3.05) is 33.1 Å². The fourth-order valence-corrected chi connectivity index (χ4v) is 2.49. The summed E-state index contributed by atoms with van der Waals surface area (Å²) in [6, 6.07) is 12.2. The van der Waals surface area contributed by atoms with Gasteiger partial charge in [-0.2, -0.15) is 5.26 Å². The largest absolute Gasteiger partial charge is 0.496 e. The Labute approximate surface area is 145 Å². The molecule has 2 rings (SSSR count). The van der Waals surface area contributed by atoms with Gasteiger partial charge in [0.2, 0.25) is 5.69 Å². The van der Waals surface area contributed by atoms with Crippen LogP contribution in [0.2, 0.25) is 0 Å². The van der Waals surface area contributed by atoms with Crippen LogP contribution in [0.5, 0.6) is 5.75 Å². The summed E-state index contributed by atoms with van der Waals surface area (Å²) in [5.41, 5.74) is 0.487. The van der Waals surface area contributed by atoms with Gasteiger partial charge in [-0.05, 0) is 26.2 Å². The standard InChI is InChI=1S/C17H19N5O3/c1-21(2)15(12-6-4-5-7-16(12)25-3)11-19-17-9-8-14(22(23)24)13(10-18)20-17/h4-9,15H,11H2,1-3H3,(H,19,20). The normalized spacial score (nSPS) is 11.6. The lowest BCUT2D eigenvalue weighted by Crippen LogP contribution is -2.27. The number of nitrogens with zero attached hydrogens (tertiary/aromatic N) is 4. The lowest BCUT2D eigenvalue weighted by molar-refractivity contribution is -0.385. The first-order valence-electron chi connectivity index (χ1n) is 7.56. The van der Waals surface area contributed by atoms with Gasteiger partial charge in [0, 0.05) is 18.2 Å². The van der Waals surface area contributed by atoms with E-state index in [2.05, 4.69) is 10.3 Å². The number of para-hydroxylation sites is 1. The third-order valence-corrected chi connectivity index (χ3v) is 3.77. The second-order valence-electron chi connectivity index (χ2n) is 5.54. The van der Waals surface area contributed by atoms with Crippen molar-refractivity contribution >= 4 is 11.5 Å². The molecule has 1 atom stereocenters. The number of hydrogen-bond donors (Lipinski definition) is 1. The molecular formula is C17H19N5O3. The lowest BCUT2D eigenvalue weighted by Gasteiger charge is -2.26. The van der Waals surface area contributed by atoms with Gasteiger partial charge in [-0.15, -0.1) is 0 Å². The maximum Gasteiger partial charge on any atom is 0.305 e. The number of hydrogen-bond acceptors (Lipinski definition) is 7. The minimum atomic E-state index is -0.618. The number of benzene rings is 1. The molecule has 1 heterocycles. The first kappa shape index (κ1) is 18.2. The lowest BCUT2D eigenvalue weighted by atomic mass is 10.0. The predicted molar refractivity (Wildman–Crippen MR) is 93.5 cm³/mol. The van der Waals surface area contributed by atoms with Crippen LogP contribution in [0.15, 0.2) is 36.4 Å². The number of nitro groups is 1. The quantitative estimate of drug-likeness (QED) is 0.609. The van der Waals surface area contributed by atoms with Crippen molar-refractivity contribution in [2.45, 2.75) is 6.04 Å². The Hall–Kier alpha value is -3.18. The van der Waals surface area contributed by atoms with Crippen LogP contribution in [-0.2, 0) is 0 Å². The number of pyridine rings is 1. The van der Waals surface area contributed by atoms with Crippen LogP contribution in [0.3, 0.4) is 0 Å². The van der Waals surface area contributed by atoms with Crippen LogP contribution >= 0.6 is 0 Å². The monoisotopic (exact) mass is 341 g/mol. The Bertz CT molecular complexity index is 801. The van der Waals surface area contributed by atoms with Crippen molar-refractivity contribution < 1.29 is 9.66 Å². The van der Waals surface area contributed by atoms with Crippen molar-refractivity contribution in [2.24, 2.45) is 0 Å². The molecule has 0 fully saturated rings. The first-order chi connectivity index (χ1) is 12.0. The average Bonchev–Trinajstić information content (AvgIpc) is 2.61. The summed E-state index contributed by atoms with van der Waals surface area (Å²) in [6.07, 6.45) is 0. The van der Waals surface area contributed by atoms with Gasteiger partial charge in [0.25, 0.3) is 0 Å². The highest BCUT2D eigenvalue weighted by atomic mass is 16.6. The number of anilines is 1. The smallest absolute Gasteiger partial charge is 0.305 e. The third-order valence-electron chi connectivity index (χ3n) is 3.77. The van der Waals surface area contributed by atoms with Crippen molar-refractivity contribution in [1.82, 2.24) is 9.88 Å². The molecule has 2 aromatic rings. The van der Waals surface area contributed by atoms with E-state index in [1.54, 1.807) is 13.2 Å². The van der Waals surface area contributed by atoms with E-state index < -0.39 is 4.92 Å². The molecule has 0 aliphatic rings. The highest BCUT2D eigenvalue weighted by Crippen LogP contribution is 2.28. The van der Waals surface area contributed by atoms with Crippen LogP contribution in [0.1, 0.15) is 17.3 Å². The second-order valence-corrected chi connectivity index (χ2v) is 5.54. The van der Waals surface area contributed by atoms with Crippen LogP contribution in [0, 0.1) is 21.4 Å². The van der Waals surface area contributed by atoms with E-state index in [9.17, 15) is 10.1 Å². The Morgan fingerprint density at radius 1 is 1.36 bits per heavy atom. The number of rotatable bonds is 7. The SMILES string of the molecule is COc1ccccc1C(CNc1ccc([N+](=O)[O-])c(C#N)n1)N(C)C. The highest BCUT2D eigenvalue weighted by Gasteiger charge is 2.19. The van der Waals surface area contributed by atoms with Gasteiger partial charge in [0.1, 0.15) is 17.6 Å². The number of aromatic nitrogens is 1. The number of nitriles is 1. The molecule has 0 saturated carbocycles. The van der Waals surface area contributed by atoms with E-state index in [0.29, 0.717) is 12.4 Å². The summed E-state index contributed by atoms with van der Waals surface area (Å²) in [7, 11) is 5.52. The molecular weight excluding hydrogens is 322 g/mol. The molecule has 8 nitrogen and oxygen atoms in total. The zero-order valence-corrected chi connectivity index (χ0v) is 14.3. The van der Waals surface area contributed by atoms with Crippen molar-refractivity contribution in [1.29, 1.82) is 5.26 Å². The fourth-order valence-electron chi connectivity index (χ4n) is 2.49. The third kappa shape index (κ3) is 4.22. The van der Waals surface area contributed by atoms with Gasteiger partial charge < -0.3 is 15.0 Å². The van der Waals surface area contributed by atoms with Gasteiger partial charge >= 0.3 is 5.69 Å². The van der Waals surface area contributed by atoms with Gasteiger partial charge in [-0.1, -0.05) is 18.2 Å². The molecule has 0 radical (unpaired) electrons. The first-order valence-corrected chi connectivity index (χ1v) is 7.56. The zero-order valence-electron chi connectivity index (χ0n) is 14.3. The van der Waals surface area contributed by atoms with E-state index in [-0.39, 0.29) is 17.4 Å². The van der Waals surface area contributed by atoms with Gasteiger partial charge in [0.15, 0.2) is 0 Å². The van der Waals surface area contributed by atoms with Crippen molar-refractivity contribution in [3.8, 4) is 11.8 Å². The second kappa shape index (κ2) is 8.08. The van der Waals surface area contributed by atoms with Crippen molar-refractivity contribution in [3.05, 3.63) is 57.8 Å². The summed E-state index contributed by atoms with van der Waals surface area (Å²) >= 11 is 0. The predicted octanol–water partition coefficient (Wildman–Crippen LogP) is 2.58. The molecule has 0 aliphatic heterocycles. The molecule has 0 saturated heterocycles. The highest BCUT2D eigenvalue weighted by molar-refractivity contribution is 5.50. The minimum absolute atomic E-state index is 0.0151. The Balaban J connectivity index is 2.23. The Kier molecular flexibility index (Phi) is 5.87. The summed E-state index contributed by atoms with van der Waals surface area (Å²) in [5, 5.41) is 23.0. The molecule has 1 aromatic heterocycles. The van der Waals surface area contributed by atoms with E-state index in [1.807, 2.05) is 43.3 Å². The molecule has 1 aromatic carbocycles. The molecule has 130 valence electrons. The van der Waals surface area contributed by atoms with Gasteiger partial charge in [-0.3, -0.25) is 10.1 Å². The molecule has 0 amide bonds. The molecule has 0 spiro atoms. The number of ether oxygens (including phenoxy) is 1. The van der Waals surface area contributed by atoms with E-state index >= 15 is 0 Å². The molecule has 1 N–H and O–H groups in total. The molecule has 8 heteroatoms. The van der Waals surface area contributed by atoms with E-state index in [1.165, 1.54) is 12.1 Å². The van der Waals surface area contributed by atoms with Crippen LogP contribution < -0.4 is 10.1 Å². The van der Waals surface area contributed by atoms with Gasteiger partial charge in [-0.25, -0.2) is 4.98 Å². The maximum absolute atomic E-state index is 10.9. The Morgan fingerprint density at radius 3 is 2.68 bits per heavy atom. The Morgan fingerprint density at radius 2 is 2.08 bits per heavy atom. The zero-order chi connectivity index (χ0) is 18.4. The maximum atomic E-state index is 10.9. The van der Waals surface area contributed by atoms with Crippen LogP contribution in [0.4, 0.5) is 11.5 Å². The number of nitrogens with one attached hydrogen (secondary N) is 1. The molecule has 0 bridgehead atoms. The van der Waals surface area contributed by atoms with Crippen molar-refractivity contribution in [3.63, 3.8) is 0 Å². The summed E-state index contributed by atoms with van der Waals surface area (Å²) < 4.78 is 5.42. The van der Waals surface area contributed by atoms with E-state index in [4.69, 9.17) is 10.00 Å². The summed E-state index contributed by atoms with van der Waals surface area (Å²) in [4.78, 5) is 16.3.